The van der Waals surface area contributed by atoms with E-state index in [1.54, 1.807) is 11.3 Å². The number of anilines is 1. The highest BCUT2D eigenvalue weighted by atomic mass is 32.1. The first-order valence-electron chi connectivity index (χ1n) is 7.83. The number of thiazole rings is 1. The second kappa shape index (κ2) is 7.05. The van der Waals surface area contributed by atoms with Crippen LogP contribution in [0.4, 0.5) is 5.69 Å². The number of nitrogens with zero attached hydrogens (tertiary/aromatic N) is 2. The number of para-hydroxylation sites is 1. The smallest absolute Gasteiger partial charge is 0.107 e. The van der Waals surface area contributed by atoms with Crippen molar-refractivity contribution in [1.29, 1.82) is 0 Å². The summed E-state index contributed by atoms with van der Waals surface area (Å²) < 4.78 is 0. The lowest BCUT2D eigenvalue weighted by Gasteiger charge is -2.24. The van der Waals surface area contributed by atoms with Crippen molar-refractivity contribution in [2.45, 2.75) is 39.3 Å². The Hall–Kier alpha value is -1.39. The summed E-state index contributed by atoms with van der Waals surface area (Å²) in [5, 5.41) is 6.74. The van der Waals surface area contributed by atoms with E-state index in [0.29, 0.717) is 0 Å². The zero-order valence-corrected chi connectivity index (χ0v) is 13.5. The highest BCUT2D eigenvalue weighted by Crippen LogP contribution is 2.27. The van der Waals surface area contributed by atoms with Crippen LogP contribution in [0, 0.1) is 0 Å². The summed E-state index contributed by atoms with van der Waals surface area (Å²) in [4.78, 5) is 7.25. The molecule has 0 aliphatic carbocycles. The molecule has 2 aromatic rings. The van der Waals surface area contributed by atoms with E-state index in [1.165, 1.54) is 41.2 Å². The molecule has 0 atom stereocenters. The van der Waals surface area contributed by atoms with Gasteiger partial charge in [-0.15, -0.1) is 11.3 Å². The van der Waals surface area contributed by atoms with Crippen molar-refractivity contribution >= 4 is 17.0 Å². The maximum absolute atomic E-state index is 4.76. The van der Waals surface area contributed by atoms with Gasteiger partial charge in [-0.3, -0.25) is 0 Å². The molecule has 0 saturated heterocycles. The number of hydrogen-bond donors (Lipinski definition) is 1. The molecule has 0 fully saturated rings. The topological polar surface area (TPSA) is 28.2 Å². The number of benzene rings is 1. The molecule has 0 radical (unpaired) electrons. The fourth-order valence-electron chi connectivity index (χ4n) is 2.86. The van der Waals surface area contributed by atoms with Crippen molar-refractivity contribution in [3.05, 3.63) is 45.9 Å². The number of aromatic nitrogens is 1. The first-order chi connectivity index (χ1) is 10.4. The average molecular weight is 301 g/mol. The highest BCUT2D eigenvalue weighted by molar-refractivity contribution is 7.09. The molecule has 2 heterocycles. The van der Waals surface area contributed by atoms with E-state index >= 15 is 0 Å². The van der Waals surface area contributed by atoms with Gasteiger partial charge < -0.3 is 10.2 Å². The van der Waals surface area contributed by atoms with Gasteiger partial charge >= 0.3 is 0 Å². The van der Waals surface area contributed by atoms with E-state index in [-0.39, 0.29) is 0 Å². The molecule has 3 nitrogen and oxygen atoms in total. The van der Waals surface area contributed by atoms with Gasteiger partial charge in [-0.25, -0.2) is 4.98 Å². The van der Waals surface area contributed by atoms with Gasteiger partial charge in [-0.1, -0.05) is 25.1 Å². The summed E-state index contributed by atoms with van der Waals surface area (Å²) in [6, 6.07) is 8.83. The number of rotatable bonds is 5. The van der Waals surface area contributed by atoms with Crippen LogP contribution in [0.2, 0.25) is 0 Å². The Bertz CT molecular complexity index is 579. The molecular formula is C17H23N3S. The highest BCUT2D eigenvalue weighted by Gasteiger charge is 2.16. The summed E-state index contributed by atoms with van der Waals surface area (Å²) in [5.41, 5.74) is 4.08. The van der Waals surface area contributed by atoms with E-state index in [4.69, 9.17) is 4.98 Å². The fourth-order valence-corrected chi connectivity index (χ4v) is 3.62. The average Bonchev–Trinajstić information content (AvgIpc) is 2.86. The molecule has 0 spiro atoms. The molecule has 0 unspecified atom stereocenters. The number of aryl methyl sites for hydroxylation is 1. The summed E-state index contributed by atoms with van der Waals surface area (Å²) in [5.74, 6) is 0. The maximum atomic E-state index is 4.76. The van der Waals surface area contributed by atoms with Crippen LogP contribution >= 0.6 is 11.3 Å². The summed E-state index contributed by atoms with van der Waals surface area (Å²) in [7, 11) is 0. The minimum absolute atomic E-state index is 0.887. The van der Waals surface area contributed by atoms with Crippen molar-refractivity contribution in [3.63, 3.8) is 0 Å². The SMILES string of the molecule is CCNCc1nc(CN2CCCCc3ccccc32)cs1. The molecule has 1 aromatic carbocycles. The van der Waals surface area contributed by atoms with Gasteiger partial charge in [0, 0.05) is 24.2 Å². The Kier molecular flexibility index (Phi) is 4.88. The number of fused-ring (bicyclic) bond motifs is 1. The van der Waals surface area contributed by atoms with Crippen LogP contribution in [0.15, 0.2) is 29.6 Å². The maximum Gasteiger partial charge on any atom is 0.107 e. The predicted octanol–water partition coefficient (Wildman–Crippen LogP) is 3.60. The van der Waals surface area contributed by atoms with Gasteiger partial charge in [0.2, 0.25) is 0 Å². The molecule has 1 aromatic heterocycles. The van der Waals surface area contributed by atoms with Crippen LogP contribution < -0.4 is 10.2 Å². The normalized spacial score (nSPS) is 14.8. The zero-order chi connectivity index (χ0) is 14.5. The molecule has 1 aliphatic rings. The van der Waals surface area contributed by atoms with Crippen LogP contribution in [-0.2, 0) is 19.5 Å². The Balaban J connectivity index is 1.73. The predicted molar refractivity (Wildman–Crippen MR) is 89.9 cm³/mol. The molecule has 112 valence electrons. The molecule has 0 bridgehead atoms. The van der Waals surface area contributed by atoms with Crippen molar-refractivity contribution < 1.29 is 0 Å². The van der Waals surface area contributed by atoms with E-state index < -0.39 is 0 Å². The van der Waals surface area contributed by atoms with Gasteiger partial charge in [0.1, 0.15) is 5.01 Å². The fraction of sp³-hybridized carbons (Fsp3) is 0.471. The van der Waals surface area contributed by atoms with Crippen LogP contribution in [0.5, 0.6) is 0 Å². The Morgan fingerprint density at radius 1 is 1.29 bits per heavy atom. The van der Waals surface area contributed by atoms with Gasteiger partial charge in [0.05, 0.1) is 12.2 Å². The second-order valence-electron chi connectivity index (χ2n) is 5.52. The third kappa shape index (κ3) is 3.63. The minimum atomic E-state index is 0.887. The number of hydrogen-bond acceptors (Lipinski definition) is 4. The quantitative estimate of drug-likeness (QED) is 0.914. The third-order valence-corrected chi connectivity index (χ3v) is 4.83. The van der Waals surface area contributed by atoms with Crippen LogP contribution in [0.1, 0.15) is 36.0 Å². The van der Waals surface area contributed by atoms with E-state index in [0.717, 1.165) is 26.2 Å². The van der Waals surface area contributed by atoms with E-state index in [9.17, 15) is 0 Å². The molecule has 0 saturated carbocycles. The van der Waals surface area contributed by atoms with Gasteiger partial charge in [-0.2, -0.15) is 0 Å². The van der Waals surface area contributed by atoms with Gasteiger partial charge in [0.25, 0.3) is 0 Å². The van der Waals surface area contributed by atoms with Crippen molar-refractivity contribution in [2.75, 3.05) is 18.0 Å². The first kappa shape index (κ1) is 14.5. The zero-order valence-electron chi connectivity index (χ0n) is 12.6. The molecule has 1 aliphatic heterocycles. The van der Waals surface area contributed by atoms with Crippen molar-refractivity contribution in [3.8, 4) is 0 Å². The molecule has 4 heteroatoms. The van der Waals surface area contributed by atoms with Crippen LogP contribution in [-0.4, -0.2) is 18.1 Å². The minimum Gasteiger partial charge on any atom is -0.365 e. The molecule has 0 amide bonds. The lowest BCUT2D eigenvalue weighted by molar-refractivity contribution is 0.700. The Morgan fingerprint density at radius 3 is 3.10 bits per heavy atom. The number of nitrogens with one attached hydrogen (secondary N) is 1. The third-order valence-electron chi connectivity index (χ3n) is 3.93. The Labute approximate surface area is 131 Å². The molecule has 3 rings (SSSR count). The molecule has 1 N–H and O–H groups in total. The monoisotopic (exact) mass is 301 g/mol. The van der Waals surface area contributed by atoms with E-state index in [2.05, 4.69) is 46.8 Å². The largest absolute Gasteiger partial charge is 0.365 e. The molecular weight excluding hydrogens is 278 g/mol. The lowest BCUT2D eigenvalue weighted by Crippen LogP contribution is -2.23. The summed E-state index contributed by atoms with van der Waals surface area (Å²) in [6.07, 6.45) is 3.76. The summed E-state index contributed by atoms with van der Waals surface area (Å²) in [6.45, 7) is 6.07. The van der Waals surface area contributed by atoms with Crippen molar-refractivity contribution in [1.82, 2.24) is 10.3 Å². The first-order valence-corrected chi connectivity index (χ1v) is 8.71. The van der Waals surface area contributed by atoms with Crippen molar-refractivity contribution in [2.24, 2.45) is 0 Å². The second-order valence-corrected chi connectivity index (χ2v) is 6.46. The lowest BCUT2D eigenvalue weighted by atomic mass is 10.1. The van der Waals surface area contributed by atoms with Crippen LogP contribution in [0.3, 0.4) is 0 Å². The van der Waals surface area contributed by atoms with Gasteiger partial charge in [-0.05, 0) is 37.4 Å². The van der Waals surface area contributed by atoms with Crippen LogP contribution in [0.25, 0.3) is 0 Å². The van der Waals surface area contributed by atoms with Gasteiger partial charge in [0.15, 0.2) is 0 Å². The molecule has 21 heavy (non-hydrogen) atoms. The standard InChI is InChI=1S/C17H23N3S/c1-2-18-11-17-19-15(13-21-17)12-20-10-6-5-8-14-7-3-4-9-16(14)20/h3-4,7,9,13,18H,2,5-6,8,10-12H2,1H3. The summed E-state index contributed by atoms with van der Waals surface area (Å²) >= 11 is 1.76. The van der Waals surface area contributed by atoms with E-state index in [1.807, 2.05) is 0 Å². The Morgan fingerprint density at radius 2 is 2.19 bits per heavy atom.